The van der Waals surface area contributed by atoms with Crippen LogP contribution in [-0.2, 0) is 9.53 Å². The molecule has 0 atom stereocenters. The summed E-state index contributed by atoms with van der Waals surface area (Å²) < 4.78 is 5.31. The summed E-state index contributed by atoms with van der Waals surface area (Å²) in [6.07, 6.45) is 5.96. The quantitative estimate of drug-likeness (QED) is 0.578. The molecule has 0 aromatic rings. The molecule has 0 N–H and O–H groups in total. The molecule has 0 aromatic carbocycles. The molecule has 0 aromatic heterocycles. The van der Waals surface area contributed by atoms with E-state index >= 15 is 0 Å². The Bertz CT molecular complexity index is 429. The molecule has 2 aliphatic heterocycles. The average Bonchev–Trinajstić information content (AvgIpc) is 2.91. The zero-order valence-corrected chi connectivity index (χ0v) is 11.6. The number of hydrogen-bond acceptors (Lipinski definition) is 4. The summed E-state index contributed by atoms with van der Waals surface area (Å²) in [5.41, 5.74) is 1.27. The normalized spacial score (nSPS) is 24.6. The lowest BCUT2D eigenvalue weighted by Gasteiger charge is -2.16. The van der Waals surface area contributed by atoms with Gasteiger partial charge in [0, 0.05) is 25.3 Å². The summed E-state index contributed by atoms with van der Waals surface area (Å²) in [5.74, 6) is 0.192. The second kappa shape index (κ2) is 5.52. The van der Waals surface area contributed by atoms with Gasteiger partial charge in [0.05, 0.1) is 0 Å². The average molecular weight is 266 g/mol. The van der Waals surface area contributed by atoms with Crippen molar-refractivity contribution < 1.29 is 9.53 Å². The molecule has 0 saturated carbocycles. The molecule has 0 aliphatic carbocycles. The fraction of sp³-hybridized carbons (Fsp3) is 0.538. The van der Waals surface area contributed by atoms with E-state index in [-0.39, 0.29) is 11.1 Å². The molecule has 18 heavy (non-hydrogen) atoms. The highest BCUT2D eigenvalue weighted by molar-refractivity contribution is 7.80. The summed E-state index contributed by atoms with van der Waals surface area (Å²) in [6.45, 7) is 6.66. The standard InChI is InChI=1S/C13H18N2O2S/c1-3-14-9-5-6-10(14)7-8-11-12(16)15(4-2)13(18)17-11/h7-8H,3-6,9H2,1-2H3/b10-7+,11-8-. The summed E-state index contributed by atoms with van der Waals surface area (Å²) >= 11 is 5.00. The summed E-state index contributed by atoms with van der Waals surface area (Å²) in [5, 5.41) is 0.255. The minimum Gasteiger partial charge on any atom is -0.426 e. The second-order valence-corrected chi connectivity index (χ2v) is 4.64. The van der Waals surface area contributed by atoms with Crippen molar-refractivity contribution in [3.05, 3.63) is 23.6 Å². The first-order valence-corrected chi connectivity index (χ1v) is 6.77. The van der Waals surface area contributed by atoms with E-state index in [0.29, 0.717) is 12.3 Å². The number of likely N-dealkylation sites (N-methyl/N-ethyl adjacent to an activating group) is 1. The lowest BCUT2D eigenvalue weighted by atomic mass is 10.2. The highest BCUT2D eigenvalue weighted by atomic mass is 32.1. The molecule has 1 amide bonds. The van der Waals surface area contributed by atoms with Crippen molar-refractivity contribution in [1.82, 2.24) is 9.80 Å². The van der Waals surface area contributed by atoms with E-state index in [9.17, 15) is 4.79 Å². The molecule has 2 rings (SSSR count). The summed E-state index contributed by atoms with van der Waals surface area (Å²) in [4.78, 5) is 15.7. The van der Waals surface area contributed by atoms with Gasteiger partial charge in [0.2, 0.25) is 0 Å². The van der Waals surface area contributed by atoms with Crippen LogP contribution >= 0.6 is 12.2 Å². The SMILES string of the molecule is CCN1C(=O)/C(=C/C=C2\CCCN2CC)OC1=S. The van der Waals surface area contributed by atoms with Crippen LogP contribution in [0.1, 0.15) is 26.7 Å². The fourth-order valence-electron chi connectivity index (χ4n) is 2.26. The number of allylic oxidation sites excluding steroid dienone is 3. The van der Waals surface area contributed by atoms with Crippen LogP contribution in [0.5, 0.6) is 0 Å². The van der Waals surface area contributed by atoms with E-state index in [2.05, 4.69) is 11.8 Å². The van der Waals surface area contributed by atoms with E-state index in [4.69, 9.17) is 17.0 Å². The van der Waals surface area contributed by atoms with Crippen molar-refractivity contribution in [3.8, 4) is 0 Å². The van der Waals surface area contributed by atoms with E-state index in [1.807, 2.05) is 13.0 Å². The third kappa shape index (κ3) is 2.41. The highest BCUT2D eigenvalue weighted by Crippen LogP contribution is 2.22. The molecule has 2 aliphatic rings. The molecule has 5 heteroatoms. The number of ether oxygens (including phenoxy) is 1. The highest BCUT2D eigenvalue weighted by Gasteiger charge is 2.31. The summed E-state index contributed by atoms with van der Waals surface area (Å²) in [7, 11) is 0. The Hall–Kier alpha value is -1.36. The number of thiocarbonyl (C=S) groups is 1. The van der Waals surface area contributed by atoms with Crippen LogP contribution < -0.4 is 0 Å². The van der Waals surface area contributed by atoms with Gasteiger partial charge < -0.3 is 9.64 Å². The number of carbonyl (C=O) groups excluding carboxylic acids is 1. The van der Waals surface area contributed by atoms with Crippen LogP contribution in [0, 0.1) is 0 Å². The van der Waals surface area contributed by atoms with Crippen molar-refractivity contribution in [2.24, 2.45) is 0 Å². The second-order valence-electron chi connectivity index (χ2n) is 4.29. The molecule has 2 fully saturated rings. The van der Waals surface area contributed by atoms with E-state index in [1.165, 1.54) is 17.0 Å². The molecular weight excluding hydrogens is 248 g/mol. The Balaban J connectivity index is 2.13. The number of carbonyl (C=O) groups is 1. The molecule has 0 radical (unpaired) electrons. The zero-order valence-electron chi connectivity index (χ0n) is 10.8. The van der Waals surface area contributed by atoms with Gasteiger partial charge in [-0.05, 0) is 51.1 Å². The van der Waals surface area contributed by atoms with Crippen LogP contribution in [0.4, 0.5) is 0 Å². The Morgan fingerprint density at radius 1 is 1.33 bits per heavy atom. The molecule has 0 bridgehead atoms. The van der Waals surface area contributed by atoms with Crippen LogP contribution in [0.3, 0.4) is 0 Å². The maximum absolute atomic E-state index is 11.9. The smallest absolute Gasteiger partial charge is 0.297 e. The summed E-state index contributed by atoms with van der Waals surface area (Å²) in [6, 6.07) is 0. The number of amides is 1. The molecule has 98 valence electrons. The van der Waals surface area contributed by atoms with Gasteiger partial charge in [0.15, 0.2) is 5.76 Å². The molecule has 2 saturated heterocycles. The number of hydrogen-bond donors (Lipinski definition) is 0. The Labute approximate surface area is 113 Å². The topological polar surface area (TPSA) is 32.8 Å². The first-order chi connectivity index (χ1) is 8.67. The van der Waals surface area contributed by atoms with E-state index < -0.39 is 0 Å². The molecule has 0 spiro atoms. The fourth-order valence-corrected chi connectivity index (χ4v) is 2.56. The van der Waals surface area contributed by atoms with Crippen molar-refractivity contribution >= 4 is 23.3 Å². The lowest BCUT2D eigenvalue weighted by Crippen LogP contribution is -2.27. The van der Waals surface area contributed by atoms with Crippen LogP contribution in [0.25, 0.3) is 0 Å². The predicted molar refractivity (Wildman–Crippen MR) is 73.7 cm³/mol. The van der Waals surface area contributed by atoms with Gasteiger partial charge >= 0.3 is 0 Å². The van der Waals surface area contributed by atoms with Crippen molar-refractivity contribution in [2.75, 3.05) is 19.6 Å². The van der Waals surface area contributed by atoms with Crippen molar-refractivity contribution in [3.63, 3.8) is 0 Å². The van der Waals surface area contributed by atoms with Crippen LogP contribution in [-0.4, -0.2) is 40.5 Å². The third-order valence-electron chi connectivity index (χ3n) is 3.27. The Kier molecular flexibility index (Phi) is 4.01. The Morgan fingerprint density at radius 3 is 2.72 bits per heavy atom. The van der Waals surface area contributed by atoms with Crippen LogP contribution in [0.2, 0.25) is 0 Å². The van der Waals surface area contributed by atoms with Gasteiger partial charge in [-0.15, -0.1) is 0 Å². The minimum absolute atomic E-state index is 0.139. The van der Waals surface area contributed by atoms with Gasteiger partial charge in [0.25, 0.3) is 11.1 Å². The number of likely N-dealkylation sites (tertiary alicyclic amines) is 1. The molecule has 0 unspecified atom stereocenters. The van der Waals surface area contributed by atoms with Crippen molar-refractivity contribution in [2.45, 2.75) is 26.7 Å². The van der Waals surface area contributed by atoms with Gasteiger partial charge in [-0.25, -0.2) is 0 Å². The van der Waals surface area contributed by atoms with Gasteiger partial charge in [-0.2, -0.15) is 0 Å². The van der Waals surface area contributed by atoms with Gasteiger partial charge in [-0.1, -0.05) is 0 Å². The zero-order chi connectivity index (χ0) is 13.1. The maximum Gasteiger partial charge on any atom is 0.297 e. The van der Waals surface area contributed by atoms with Gasteiger partial charge in [-0.3, -0.25) is 9.69 Å². The van der Waals surface area contributed by atoms with E-state index in [1.54, 1.807) is 6.08 Å². The number of rotatable bonds is 3. The molecule has 2 heterocycles. The van der Waals surface area contributed by atoms with E-state index in [0.717, 1.165) is 19.5 Å². The maximum atomic E-state index is 11.9. The van der Waals surface area contributed by atoms with Crippen molar-refractivity contribution in [1.29, 1.82) is 0 Å². The monoisotopic (exact) mass is 266 g/mol. The minimum atomic E-state index is -0.139. The Morgan fingerprint density at radius 2 is 2.11 bits per heavy atom. The lowest BCUT2D eigenvalue weighted by molar-refractivity contribution is -0.122. The van der Waals surface area contributed by atoms with Crippen LogP contribution in [0.15, 0.2) is 23.6 Å². The first kappa shape index (κ1) is 13.1. The first-order valence-electron chi connectivity index (χ1n) is 6.36. The predicted octanol–water partition coefficient (Wildman–Crippen LogP) is 2.03. The number of nitrogens with zero attached hydrogens (tertiary/aromatic N) is 2. The van der Waals surface area contributed by atoms with Gasteiger partial charge in [0.1, 0.15) is 0 Å². The molecule has 4 nitrogen and oxygen atoms in total. The largest absolute Gasteiger partial charge is 0.426 e. The molecular formula is C13H18N2O2S. The third-order valence-corrected chi connectivity index (χ3v) is 3.57.